The Morgan fingerprint density at radius 1 is 1.16 bits per heavy atom. The fraction of sp³-hybridized carbons (Fsp3) is 0.938. The molecular formula is C16H28BrNO. The van der Waals surface area contributed by atoms with Crippen molar-refractivity contribution in [1.29, 1.82) is 0 Å². The van der Waals surface area contributed by atoms with Crippen molar-refractivity contribution in [2.45, 2.75) is 64.1 Å². The normalized spacial score (nSPS) is 29.9. The predicted octanol–water partition coefficient (Wildman–Crippen LogP) is 4.13. The van der Waals surface area contributed by atoms with Gasteiger partial charge in [0.15, 0.2) is 0 Å². The zero-order valence-electron chi connectivity index (χ0n) is 12.5. The molecule has 0 heterocycles. The molecule has 2 fully saturated rings. The molecule has 2 saturated carbocycles. The van der Waals surface area contributed by atoms with Crippen molar-refractivity contribution in [1.82, 2.24) is 5.32 Å². The lowest BCUT2D eigenvalue weighted by Gasteiger charge is -2.36. The van der Waals surface area contributed by atoms with E-state index in [1.165, 1.54) is 25.7 Å². The third kappa shape index (κ3) is 4.47. The first-order chi connectivity index (χ1) is 8.88. The highest BCUT2D eigenvalue weighted by Gasteiger charge is 2.33. The fourth-order valence-corrected chi connectivity index (χ4v) is 3.88. The highest BCUT2D eigenvalue weighted by Crippen LogP contribution is 2.40. The quantitative estimate of drug-likeness (QED) is 0.772. The zero-order chi connectivity index (χ0) is 14.0. The number of rotatable bonds is 4. The second kappa shape index (κ2) is 6.15. The summed E-state index contributed by atoms with van der Waals surface area (Å²) in [6.07, 6.45) is 7.21. The third-order valence-electron chi connectivity index (χ3n) is 4.93. The van der Waals surface area contributed by atoms with E-state index in [2.05, 4.69) is 42.0 Å². The van der Waals surface area contributed by atoms with Crippen LogP contribution in [0.2, 0.25) is 0 Å². The molecule has 2 aliphatic rings. The maximum atomic E-state index is 12.2. The van der Waals surface area contributed by atoms with Gasteiger partial charge in [0.05, 0.1) is 0 Å². The molecule has 0 aliphatic heterocycles. The molecule has 0 aromatic heterocycles. The molecule has 1 unspecified atom stereocenters. The van der Waals surface area contributed by atoms with Gasteiger partial charge in [-0.1, -0.05) is 36.7 Å². The molecule has 0 radical (unpaired) electrons. The van der Waals surface area contributed by atoms with Crippen molar-refractivity contribution in [3.8, 4) is 0 Å². The van der Waals surface area contributed by atoms with Crippen LogP contribution in [0.1, 0.15) is 59.3 Å². The topological polar surface area (TPSA) is 29.1 Å². The van der Waals surface area contributed by atoms with Gasteiger partial charge in [0.1, 0.15) is 0 Å². The molecule has 0 bridgehead atoms. The Bertz CT molecular complexity index is 311. The number of carbonyl (C=O) groups is 1. The molecule has 0 aromatic rings. The van der Waals surface area contributed by atoms with Crippen molar-refractivity contribution in [2.24, 2.45) is 23.2 Å². The van der Waals surface area contributed by atoms with Gasteiger partial charge in [-0.2, -0.15) is 0 Å². The summed E-state index contributed by atoms with van der Waals surface area (Å²) in [4.78, 5) is 12.7. The minimum absolute atomic E-state index is 0.262. The standard InChI is InChI=1S/C16H28BrNO/c1-16(2,3)13-8-6-12(7-9-13)15(19)18-10-14(17)11-4-5-11/h11-14H,4-10H2,1-3H3,(H,18,19). The number of carbonyl (C=O) groups excluding carboxylic acids is 1. The Morgan fingerprint density at radius 3 is 2.21 bits per heavy atom. The van der Waals surface area contributed by atoms with Gasteiger partial charge >= 0.3 is 0 Å². The second-order valence-electron chi connectivity index (χ2n) is 7.51. The maximum Gasteiger partial charge on any atom is 0.223 e. The average Bonchev–Trinajstić information content (AvgIpc) is 3.19. The minimum Gasteiger partial charge on any atom is -0.355 e. The number of halogens is 1. The Labute approximate surface area is 126 Å². The van der Waals surface area contributed by atoms with Crippen LogP contribution in [0, 0.1) is 23.2 Å². The van der Waals surface area contributed by atoms with E-state index in [1.807, 2.05) is 0 Å². The molecule has 2 rings (SSSR count). The minimum atomic E-state index is 0.262. The summed E-state index contributed by atoms with van der Waals surface area (Å²) >= 11 is 3.68. The van der Waals surface area contributed by atoms with E-state index in [0.29, 0.717) is 10.2 Å². The van der Waals surface area contributed by atoms with Gasteiger partial charge in [0.25, 0.3) is 0 Å². The van der Waals surface area contributed by atoms with Crippen molar-refractivity contribution in [3.63, 3.8) is 0 Å². The van der Waals surface area contributed by atoms with Gasteiger partial charge in [-0.05, 0) is 55.8 Å². The summed E-state index contributed by atoms with van der Waals surface area (Å²) in [6.45, 7) is 7.78. The Kier molecular flexibility index (Phi) is 4.97. The molecular weight excluding hydrogens is 302 g/mol. The zero-order valence-corrected chi connectivity index (χ0v) is 14.1. The van der Waals surface area contributed by atoms with E-state index >= 15 is 0 Å². The molecule has 0 spiro atoms. The smallest absolute Gasteiger partial charge is 0.223 e. The number of nitrogens with one attached hydrogen (secondary N) is 1. The molecule has 1 N–H and O–H groups in total. The number of alkyl halides is 1. The van der Waals surface area contributed by atoms with E-state index in [-0.39, 0.29) is 11.8 Å². The number of hydrogen-bond donors (Lipinski definition) is 1. The molecule has 0 aromatic carbocycles. The first kappa shape index (κ1) is 15.3. The Morgan fingerprint density at radius 2 is 1.74 bits per heavy atom. The van der Waals surface area contributed by atoms with E-state index < -0.39 is 0 Å². The Hall–Kier alpha value is -0.0500. The van der Waals surface area contributed by atoms with Gasteiger partial charge in [-0.15, -0.1) is 0 Å². The van der Waals surface area contributed by atoms with E-state index in [9.17, 15) is 4.79 Å². The molecule has 1 amide bonds. The van der Waals surface area contributed by atoms with Crippen LogP contribution < -0.4 is 5.32 Å². The molecule has 110 valence electrons. The fourth-order valence-electron chi connectivity index (χ4n) is 3.19. The summed E-state index contributed by atoms with van der Waals surface area (Å²) in [5.74, 6) is 2.14. The average molecular weight is 330 g/mol. The SMILES string of the molecule is CC(C)(C)C1CCC(C(=O)NCC(Br)C2CC2)CC1. The summed E-state index contributed by atoms with van der Waals surface area (Å²) in [5, 5.41) is 3.14. The second-order valence-corrected chi connectivity index (χ2v) is 8.69. The highest BCUT2D eigenvalue weighted by molar-refractivity contribution is 9.09. The molecule has 3 heteroatoms. The number of hydrogen-bond acceptors (Lipinski definition) is 1. The van der Waals surface area contributed by atoms with Gasteiger partial charge in [-0.3, -0.25) is 4.79 Å². The van der Waals surface area contributed by atoms with Crippen LogP contribution in [0.3, 0.4) is 0 Å². The monoisotopic (exact) mass is 329 g/mol. The van der Waals surface area contributed by atoms with Gasteiger partial charge < -0.3 is 5.32 Å². The lowest BCUT2D eigenvalue weighted by molar-refractivity contribution is -0.126. The van der Waals surface area contributed by atoms with E-state index in [1.54, 1.807) is 0 Å². The maximum absolute atomic E-state index is 12.2. The molecule has 0 saturated heterocycles. The van der Waals surface area contributed by atoms with Crippen molar-refractivity contribution >= 4 is 21.8 Å². The lowest BCUT2D eigenvalue weighted by atomic mass is 9.69. The van der Waals surface area contributed by atoms with Crippen LogP contribution in [-0.2, 0) is 4.79 Å². The summed E-state index contributed by atoms with van der Waals surface area (Å²) < 4.78 is 0. The van der Waals surface area contributed by atoms with Crippen molar-refractivity contribution in [3.05, 3.63) is 0 Å². The van der Waals surface area contributed by atoms with Crippen molar-refractivity contribution in [2.75, 3.05) is 6.54 Å². The van der Waals surface area contributed by atoms with Crippen LogP contribution >= 0.6 is 15.9 Å². The highest BCUT2D eigenvalue weighted by atomic mass is 79.9. The third-order valence-corrected chi connectivity index (χ3v) is 6.00. The predicted molar refractivity (Wildman–Crippen MR) is 83.4 cm³/mol. The van der Waals surface area contributed by atoms with Crippen LogP contribution in [0.4, 0.5) is 0 Å². The van der Waals surface area contributed by atoms with Crippen LogP contribution in [0.5, 0.6) is 0 Å². The largest absolute Gasteiger partial charge is 0.355 e. The van der Waals surface area contributed by atoms with Gasteiger partial charge in [0.2, 0.25) is 5.91 Å². The number of amides is 1. The van der Waals surface area contributed by atoms with Gasteiger partial charge in [-0.25, -0.2) is 0 Å². The van der Waals surface area contributed by atoms with Crippen molar-refractivity contribution < 1.29 is 4.79 Å². The molecule has 2 aliphatic carbocycles. The van der Waals surface area contributed by atoms with E-state index in [0.717, 1.165) is 31.2 Å². The van der Waals surface area contributed by atoms with E-state index in [4.69, 9.17) is 0 Å². The Balaban J connectivity index is 1.70. The molecule has 19 heavy (non-hydrogen) atoms. The first-order valence-corrected chi connectivity index (χ1v) is 8.71. The molecule has 1 atom stereocenters. The molecule has 2 nitrogen and oxygen atoms in total. The van der Waals surface area contributed by atoms with Crippen LogP contribution in [0.25, 0.3) is 0 Å². The summed E-state index contributed by atoms with van der Waals surface area (Å²) in [5.41, 5.74) is 0.397. The van der Waals surface area contributed by atoms with Gasteiger partial charge in [0, 0.05) is 17.3 Å². The first-order valence-electron chi connectivity index (χ1n) is 7.79. The summed E-state index contributed by atoms with van der Waals surface area (Å²) in [7, 11) is 0. The van der Waals surface area contributed by atoms with Crippen LogP contribution in [-0.4, -0.2) is 17.3 Å². The lowest BCUT2D eigenvalue weighted by Crippen LogP contribution is -2.38. The summed E-state index contributed by atoms with van der Waals surface area (Å²) in [6, 6.07) is 0. The van der Waals surface area contributed by atoms with Crippen LogP contribution in [0.15, 0.2) is 0 Å².